The lowest BCUT2D eigenvalue weighted by atomic mass is 9.98. The molecule has 0 spiro atoms. The molecular formula is C22H24N2. The number of rotatable bonds is 4. The Kier molecular flexibility index (Phi) is 5.80. The Balaban J connectivity index is 2.17. The van der Waals surface area contributed by atoms with Crippen LogP contribution in [-0.2, 0) is 0 Å². The molecule has 0 saturated carbocycles. The van der Waals surface area contributed by atoms with E-state index in [0.29, 0.717) is 6.54 Å². The zero-order chi connectivity index (χ0) is 17.6. The molecule has 0 aliphatic heterocycles. The Morgan fingerprint density at radius 2 is 1.83 bits per heavy atom. The van der Waals surface area contributed by atoms with Crippen molar-refractivity contribution in [2.45, 2.75) is 26.8 Å². The van der Waals surface area contributed by atoms with Crippen molar-refractivity contribution in [3.8, 4) is 17.9 Å². The Morgan fingerprint density at radius 1 is 1.12 bits per heavy atom. The Hall–Kier alpha value is -2.55. The maximum absolute atomic E-state index is 9.67. The van der Waals surface area contributed by atoms with E-state index in [-0.39, 0.29) is 11.5 Å². The maximum Gasteiger partial charge on any atom is 0.124 e. The van der Waals surface area contributed by atoms with E-state index in [1.807, 2.05) is 48.4 Å². The van der Waals surface area contributed by atoms with Crippen LogP contribution in [0.4, 0.5) is 0 Å². The standard InChI is InChI=1S/C22H24N2/c1-22(2,3)15-8-5-9-16-24(4)21(17-23)20-14-10-12-18-11-6-7-13-19(18)20/h5-7,9-14,21H,16H2,1-4H3/b9-5+/t21-/m0/s1. The fraction of sp³-hybridized carbons (Fsp3) is 0.318. The summed E-state index contributed by atoms with van der Waals surface area (Å²) >= 11 is 0. The van der Waals surface area contributed by atoms with Gasteiger partial charge in [0.2, 0.25) is 0 Å². The first kappa shape index (κ1) is 17.8. The van der Waals surface area contributed by atoms with E-state index in [2.05, 4.69) is 56.9 Å². The predicted molar refractivity (Wildman–Crippen MR) is 101 cm³/mol. The van der Waals surface area contributed by atoms with E-state index < -0.39 is 0 Å². The van der Waals surface area contributed by atoms with E-state index in [4.69, 9.17) is 0 Å². The highest BCUT2D eigenvalue weighted by molar-refractivity contribution is 5.86. The largest absolute Gasteiger partial charge is 0.284 e. The van der Waals surface area contributed by atoms with Crippen LogP contribution in [0.1, 0.15) is 32.4 Å². The Morgan fingerprint density at radius 3 is 2.54 bits per heavy atom. The van der Waals surface area contributed by atoms with Crippen LogP contribution in [0.2, 0.25) is 0 Å². The van der Waals surface area contributed by atoms with Crippen molar-refractivity contribution in [2.75, 3.05) is 13.6 Å². The second kappa shape index (κ2) is 7.82. The minimum atomic E-state index is -0.281. The van der Waals surface area contributed by atoms with Crippen LogP contribution >= 0.6 is 0 Å². The zero-order valence-electron chi connectivity index (χ0n) is 14.9. The number of nitriles is 1. The van der Waals surface area contributed by atoms with Crippen molar-refractivity contribution in [3.63, 3.8) is 0 Å². The third kappa shape index (κ3) is 4.72. The number of likely N-dealkylation sites (N-methyl/N-ethyl adjacent to an activating group) is 1. The van der Waals surface area contributed by atoms with E-state index in [1.165, 1.54) is 0 Å². The molecular weight excluding hydrogens is 292 g/mol. The third-order valence-corrected chi connectivity index (χ3v) is 3.72. The van der Waals surface area contributed by atoms with Crippen LogP contribution in [0.5, 0.6) is 0 Å². The molecule has 0 amide bonds. The Labute approximate surface area is 145 Å². The highest BCUT2D eigenvalue weighted by Gasteiger charge is 2.17. The summed E-state index contributed by atoms with van der Waals surface area (Å²) in [4.78, 5) is 2.04. The summed E-state index contributed by atoms with van der Waals surface area (Å²) < 4.78 is 0. The average molecular weight is 316 g/mol. The van der Waals surface area contributed by atoms with E-state index >= 15 is 0 Å². The van der Waals surface area contributed by atoms with Crippen molar-refractivity contribution in [1.29, 1.82) is 5.26 Å². The quantitative estimate of drug-likeness (QED) is 0.747. The first-order chi connectivity index (χ1) is 11.4. The van der Waals surface area contributed by atoms with Gasteiger partial charge in [0, 0.05) is 12.0 Å². The van der Waals surface area contributed by atoms with Gasteiger partial charge < -0.3 is 0 Å². The average Bonchev–Trinajstić information content (AvgIpc) is 2.54. The fourth-order valence-electron chi connectivity index (χ4n) is 2.54. The second-order valence-electron chi connectivity index (χ2n) is 6.96. The normalized spacial score (nSPS) is 12.8. The summed E-state index contributed by atoms with van der Waals surface area (Å²) in [7, 11) is 1.97. The van der Waals surface area contributed by atoms with E-state index in [1.54, 1.807) is 0 Å². The SMILES string of the molecule is CN(C/C=C/C#CC(C)(C)C)[C@@H](C#N)c1cccc2ccccc12. The van der Waals surface area contributed by atoms with Gasteiger partial charge in [-0.05, 0) is 50.2 Å². The van der Waals surface area contributed by atoms with Gasteiger partial charge in [-0.25, -0.2) is 0 Å². The molecule has 0 aliphatic carbocycles. The number of hydrogen-bond donors (Lipinski definition) is 0. The molecule has 2 aromatic carbocycles. The van der Waals surface area contributed by atoms with Gasteiger partial charge >= 0.3 is 0 Å². The van der Waals surface area contributed by atoms with Crippen LogP contribution in [0.3, 0.4) is 0 Å². The summed E-state index contributed by atoms with van der Waals surface area (Å²) in [6, 6.07) is 16.5. The summed E-state index contributed by atoms with van der Waals surface area (Å²) in [6.45, 7) is 6.95. The molecule has 2 aromatic rings. The summed E-state index contributed by atoms with van der Waals surface area (Å²) in [5, 5.41) is 12.0. The smallest absolute Gasteiger partial charge is 0.124 e. The van der Waals surface area contributed by atoms with Gasteiger partial charge in [-0.3, -0.25) is 4.90 Å². The highest BCUT2D eigenvalue weighted by atomic mass is 15.1. The fourth-order valence-corrected chi connectivity index (χ4v) is 2.54. The lowest BCUT2D eigenvalue weighted by molar-refractivity contribution is 0.325. The molecule has 0 aliphatic rings. The Bertz CT molecular complexity index is 817. The van der Waals surface area contributed by atoms with Crippen molar-refractivity contribution < 1.29 is 0 Å². The first-order valence-electron chi connectivity index (χ1n) is 8.17. The molecule has 0 unspecified atom stereocenters. The second-order valence-corrected chi connectivity index (χ2v) is 6.96. The van der Waals surface area contributed by atoms with Gasteiger partial charge in [-0.2, -0.15) is 5.26 Å². The molecule has 122 valence electrons. The highest BCUT2D eigenvalue weighted by Crippen LogP contribution is 2.27. The third-order valence-electron chi connectivity index (χ3n) is 3.72. The minimum Gasteiger partial charge on any atom is -0.284 e. The van der Waals surface area contributed by atoms with Crippen molar-refractivity contribution in [1.82, 2.24) is 4.90 Å². The molecule has 1 atom stereocenters. The molecule has 2 heteroatoms. The summed E-state index contributed by atoms with van der Waals surface area (Å²) in [6.07, 6.45) is 3.88. The van der Waals surface area contributed by atoms with Crippen LogP contribution < -0.4 is 0 Å². The molecule has 0 heterocycles. The minimum absolute atomic E-state index is 0.00832. The lowest BCUT2D eigenvalue weighted by Gasteiger charge is -2.22. The van der Waals surface area contributed by atoms with Crippen molar-refractivity contribution in [3.05, 3.63) is 60.2 Å². The summed E-state index contributed by atoms with van der Waals surface area (Å²) in [5.41, 5.74) is 1.06. The van der Waals surface area contributed by atoms with Crippen molar-refractivity contribution in [2.24, 2.45) is 5.41 Å². The molecule has 2 rings (SSSR count). The molecule has 2 nitrogen and oxygen atoms in total. The van der Waals surface area contributed by atoms with Crippen LogP contribution in [-0.4, -0.2) is 18.5 Å². The molecule has 0 N–H and O–H groups in total. The summed E-state index contributed by atoms with van der Waals surface area (Å²) in [5.74, 6) is 6.24. The molecule has 0 aromatic heterocycles. The van der Waals surface area contributed by atoms with Gasteiger partial charge in [0.15, 0.2) is 0 Å². The maximum atomic E-state index is 9.67. The van der Waals surface area contributed by atoms with Gasteiger partial charge in [0.05, 0.1) is 6.07 Å². The van der Waals surface area contributed by atoms with Gasteiger partial charge in [0.1, 0.15) is 6.04 Å². The zero-order valence-corrected chi connectivity index (χ0v) is 14.9. The van der Waals surface area contributed by atoms with Crippen molar-refractivity contribution >= 4 is 10.8 Å². The molecule has 0 radical (unpaired) electrons. The van der Waals surface area contributed by atoms with Gasteiger partial charge in [-0.1, -0.05) is 60.4 Å². The van der Waals surface area contributed by atoms with Crippen LogP contribution in [0.25, 0.3) is 10.8 Å². The topological polar surface area (TPSA) is 27.0 Å². The number of benzene rings is 2. The first-order valence-corrected chi connectivity index (χ1v) is 8.17. The molecule has 0 fully saturated rings. The van der Waals surface area contributed by atoms with Crippen LogP contribution in [0, 0.1) is 28.6 Å². The van der Waals surface area contributed by atoms with Gasteiger partial charge in [0.25, 0.3) is 0 Å². The monoisotopic (exact) mass is 316 g/mol. The number of hydrogen-bond acceptors (Lipinski definition) is 2. The van der Waals surface area contributed by atoms with E-state index in [0.717, 1.165) is 16.3 Å². The van der Waals surface area contributed by atoms with Crippen LogP contribution in [0.15, 0.2) is 54.6 Å². The predicted octanol–water partition coefficient (Wildman–Crippen LogP) is 4.94. The molecule has 0 bridgehead atoms. The lowest BCUT2D eigenvalue weighted by Crippen LogP contribution is -2.23. The number of allylic oxidation sites excluding steroid dienone is 1. The number of fused-ring (bicyclic) bond motifs is 1. The number of nitrogens with zero attached hydrogens (tertiary/aromatic N) is 2. The van der Waals surface area contributed by atoms with Gasteiger partial charge in [-0.15, -0.1) is 0 Å². The molecule has 24 heavy (non-hydrogen) atoms. The van der Waals surface area contributed by atoms with E-state index in [9.17, 15) is 5.26 Å². The molecule has 0 saturated heterocycles.